The predicted octanol–water partition coefficient (Wildman–Crippen LogP) is 2.33. The molecule has 0 saturated carbocycles. The first-order valence-corrected chi connectivity index (χ1v) is 2.52. The molecule has 0 amide bonds. The van der Waals surface area contributed by atoms with Crippen molar-refractivity contribution >= 4 is 6.08 Å². The Labute approximate surface area is 50.9 Å². The smallest absolute Gasteiger partial charge is 0.0629 e. The van der Waals surface area contributed by atoms with Gasteiger partial charge in [-0.05, 0) is 5.56 Å². The summed E-state index contributed by atoms with van der Waals surface area (Å²) in [6.45, 7) is 3.57. The van der Waals surface area contributed by atoms with Crippen LogP contribution in [0.15, 0.2) is 36.9 Å². The topological polar surface area (TPSA) is 0 Å². The molecule has 0 aliphatic carbocycles. The van der Waals surface area contributed by atoms with Crippen molar-refractivity contribution in [3.8, 4) is 0 Å². The van der Waals surface area contributed by atoms with Crippen LogP contribution >= 0.6 is 0 Å². The molecule has 1 rings (SSSR count). The van der Waals surface area contributed by atoms with E-state index in [2.05, 4.69) is 6.58 Å². The fourth-order valence-electron chi connectivity index (χ4n) is 0.534. The third-order valence-electron chi connectivity index (χ3n) is 0.953. The molecule has 0 heterocycles. The molecule has 0 aromatic heterocycles. The van der Waals surface area contributed by atoms with Crippen LogP contribution in [-0.4, -0.2) is 0 Å². The largest absolute Gasteiger partial charge is 0.0985 e. The van der Waals surface area contributed by atoms with Gasteiger partial charge in [-0.3, -0.25) is 0 Å². The van der Waals surface area contributed by atoms with Gasteiger partial charge in [-0.2, -0.15) is 0 Å². The number of hydrogen-bond donors (Lipinski definition) is 0. The molecule has 40 valence electrons. The van der Waals surface area contributed by atoms with Gasteiger partial charge in [0, 0.05) is 0 Å². The molecule has 0 unspecified atom stereocenters. The van der Waals surface area contributed by atoms with Crippen molar-refractivity contribution in [2.45, 2.75) is 0 Å². The zero-order valence-electron chi connectivity index (χ0n) is 5.59. The summed E-state index contributed by atoms with van der Waals surface area (Å²) in [4.78, 5) is 0. The van der Waals surface area contributed by atoms with E-state index >= 15 is 0 Å². The summed E-state index contributed by atoms with van der Waals surface area (Å²) in [5.74, 6) is 0. The maximum Gasteiger partial charge on any atom is 0.0629 e. The first-order valence-electron chi connectivity index (χ1n) is 3.02. The summed E-state index contributed by atoms with van der Waals surface area (Å²) < 4.78 is 7.30. The Morgan fingerprint density at radius 2 is 2.38 bits per heavy atom. The van der Waals surface area contributed by atoms with E-state index in [1.807, 2.05) is 18.2 Å². The zero-order valence-corrected chi connectivity index (χ0v) is 4.59. The van der Waals surface area contributed by atoms with Crippen LogP contribution < -0.4 is 0 Å². The SMILES string of the molecule is [2H]c1ccccc1C=C. The summed E-state index contributed by atoms with van der Waals surface area (Å²) >= 11 is 0. The van der Waals surface area contributed by atoms with Crippen LogP contribution in [0.4, 0.5) is 0 Å². The molecule has 0 aliphatic rings. The van der Waals surface area contributed by atoms with E-state index in [9.17, 15) is 0 Å². The van der Waals surface area contributed by atoms with Crippen molar-refractivity contribution in [3.63, 3.8) is 0 Å². The summed E-state index contributed by atoms with van der Waals surface area (Å²) in [7, 11) is 0. The van der Waals surface area contributed by atoms with Crippen LogP contribution in [0.5, 0.6) is 0 Å². The lowest BCUT2D eigenvalue weighted by Crippen LogP contribution is -1.63. The Morgan fingerprint density at radius 1 is 1.50 bits per heavy atom. The van der Waals surface area contributed by atoms with Crippen LogP contribution in [0, 0.1) is 0 Å². The maximum absolute atomic E-state index is 7.30. The monoisotopic (exact) mass is 105 g/mol. The van der Waals surface area contributed by atoms with Gasteiger partial charge in [0.2, 0.25) is 0 Å². The van der Waals surface area contributed by atoms with E-state index < -0.39 is 0 Å². The van der Waals surface area contributed by atoms with Crippen molar-refractivity contribution < 1.29 is 1.37 Å². The van der Waals surface area contributed by atoms with E-state index in [4.69, 9.17) is 1.37 Å². The van der Waals surface area contributed by atoms with Crippen LogP contribution in [0.25, 0.3) is 6.08 Å². The molecule has 0 saturated heterocycles. The second-order valence-corrected chi connectivity index (χ2v) is 1.52. The molecule has 0 bridgehead atoms. The second kappa shape index (κ2) is 2.31. The van der Waals surface area contributed by atoms with Crippen LogP contribution in [0.1, 0.15) is 6.93 Å². The van der Waals surface area contributed by atoms with E-state index in [-0.39, 0.29) is 0 Å². The van der Waals surface area contributed by atoms with Crippen LogP contribution in [0.3, 0.4) is 0 Å². The molecule has 0 atom stereocenters. The average molecular weight is 105 g/mol. The molecule has 0 fully saturated rings. The Kier molecular flexibility index (Phi) is 1.13. The normalized spacial score (nSPS) is 10.2. The lowest BCUT2D eigenvalue weighted by Gasteiger charge is -1.85. The molecule has 8 heavy (non-hydrogen) atoms. The molecule has 0 spiro atoms. The van der Waals surface area contributed by atoms with E-state index in [0.717, 1.165) is 5.56 Å². The van der Waals surface area contributed by atoms with Gasteiger partial charge in [0.15, 0.2) is 0 Å². The molecular weight excluding hydrogens is 96.1 g/mol. The fraction of sp³-hybridized carbons (Fsp3) is 0. The number of hydrogen-bond acceptors (Lipinski definition) is 0. The number of rotatable bonds is 1. The van der Waals surface area contributed by atoms with Gasteiger partial charge < -0.3 is 0 Å². The minimum Gasteiger partial charge on any atom is -0.0985 e. The Morgan fingerprint density at radius 3 is 2.88 bits per heavy atom. The van der Waals surface area contributed by atoms with Crippen LogP contribution in [-0.2, 0) is 0 Å². The second-order valence-electron chi connectivity index (χ2n) is 1.52. The number of benzene rings is 1. The Hall–Kier alpha value is -1.04. The molecule has 1 aromatic carbocycles. The molecule has 0 radical (unpaired) electrons. The van der Waals surface area contributed by atoms with Gasteiger partial charge in [-0.1, -0.05) is 43.0 Å². The highest BCUT2D eigenvalue weighted by molar-refractivity contribution is 5.45. The van der Waals surface area contributed by atoms with Gasteiger partial charge >= 0.3 is 0 Å². The zero-order chi connectivity index (χ0) is 6.69. The molecule has 1 aromatic rings. The highest BCUT2D eigenvalue weighted by atomic mass is 13.8. The lowest BCUT2D eigenvalue weighted by molar-refractivity contribution is 1.67. The average Bonchev–Trinajstić information content (AvgIpc) is 1.89. The third kappa shape index (κ3) is 0.969. The van der Waals surface area contributed by atoms with Gasteiger partial charge in [-0.15, -0.1) is 0 Å². The maximum atomic E-state index is 7.30. The lowest BCUT2D eigenvalue weighted by atomic mass is 10.2. The van der Waals surface area contributed by atoms with Gasteiger partial charge in [0.1, 0.15) is 0 Å². The molecule has 0 N–H and O–H groups in total. The van der Waals surface area contributed by atoms with Crippen molar-refractivity contribution in [3.05, 3.63) is 42.5 Å². The van der Waals surface area contributed by atoms with Crippen molar-refractivity contribution in [1.82, 2.24) is 0 Å². The van der Waals surface area contributed by atoms with Gasteiger partial charge in [0.05, 0.1) is 1.37 Å². The van der Waals surface area contributed by atoms with Crippen molar-refractivity contribution in [2.24, 2.45) is 0 Å². The third-order valence-corrected chi connectivity index (χ3v) is 0.953. The summed E-state index contributed by atoms with van der Waals surface area (Å²) in [5, 5.41) is 0. The van der Waals surface area contributed by atoms with Crippen molar-refractivity contribution in [2.75, 3.05) is 0 Å². The first-order chi connectivity index (χ1) is 4.34. The summed E-state index contributed by atoms with van der Waals surface area (Å²) in [6, 6.07) is 7.89. The highest BCUT2D eigenvalue weighted by Crippen LogP contribution is 1.97. The van der Waals surface area contributed by atoms with Crippen LogP contribution in [0.2, 0.25) is 0 Å². The minimum absolute atomic E-state index is 0.535. The molecule has 0 aliphatic heterocycles. The highest BCUT2D eigenvalue weighted by Gasteiger charge is 1.75. The van der Waals surface area contributed by atoms with Gasteiger partial charge in [0.25, 0.3) is 0 Å². The Balaban J connectivity index is 3.15. The van der Waals surface area contributed by atoms with E-state index in [1.165, 1.54) is 0 Å². The first kappa shape index (κ1) is 3.90. The van der Waals surface area contributed by atoms with Gasteiger partial charge in [-0.25, -0.2) is 0 Å². The predicted molar refractivity (Wildman–Crippen MR) is 36.5 cm³/mol. The molecular formula is C8H8. The quantitative estimate of drug-likeness (QED) is 0.514. The summed E-state index contributed by atoms with van der Waals surface area (Å²) in [5.41, 5.74) is 0.887. The Bertz CT molecular complexity index is 216. The fourth-order valence-corrected chi connectivity index (χ4v) is 0.534. The van der Waals surface area contributed by atoms with E-state index in [1.54, 1.807) is 12.1 Å². The standard InChI is InChI=1S/C8H8/c1-2-8-6-4-3-5-7-8/h2-7H,1H2/i6D. The summed E-state index contributed by atoms with van der Waals surface area (Å²) in [6.07, 6.45) is 1.68. The molecule has 0 nitrogen and oxygen atoms in total. The molecule has 0 heteroatoms. The van der Waals surface area contributed by atoms with E-state index in [0.29, 0.717) is 6.04 Å². The minimum atomic E-state index is 0.535. The van der Waals surface area contributed by atoms with Crippen molar-refractivity contribution in [1.29, 1.82) is 0 Å².